The predicted molar refractivity (Wildman–Crippen MR) is 107 cm³/mol. The number of carbonyl (C=O) groups is 2. The zero-order valence-corrected chi connectivity index (χ0v) is 17.0. The highest BCUT2D eigenvalue weighted by Crippen LogP contribution is 2.34. The predicted octanol–water partition coefficient (Wildman–Crippen LogP) is 4.40. The van der Waals surface area contributed by atoms with Crippen molar-refractivity contribution in [2.45, 2.75) is 31.6 Å². The lowest BCUT2D eigenvalue weighted by Gasteiger charge is -2.05. The minimum atomic E-state index is -0.528. The molecule has 8 heteroatoms. The molecule has 2 heterocycles. The first-order chi connectivity index (χ1) is 13.9. The zero-order chi connectivity index (χ0) is 21.0. The summed E-state index contributed by atoms with van der Waals surface area (Å²) in [6.45, 7) is 5.07. The van der Waals surface area contributed by atoms with Crippen LogP contribution in [0.25, 0.3) is 11.0 Å². The van der Waals surface area contributed by atoms with Crippen LogP contribution in [-0.4, -0.2) is 23.5 Å². The third-order valence-electron chi connectivity index (χ3n) is 3.93. The van der Waals surface area contributed by atoms with Crippen LogP contribution in [0.15, 0.2) is 39.8 Å². The van der Waals surface area contributed by atoms with Crippen LogP contribution in [0.2, 0.25) is 0 Å². The molecule has 0 atom stereocenters. The highest BCUT2D eigenvalue weighted by molar-refractivity contribution is 7.98. The van der Waals surface area contributed by atoms with Crippen molar-refractivity contribution in [2.24, 2.45) is 0 Å². The second-order valence-corrected chi connectivity index (χ2v) is 7.04. The summed E-state index contributed by atoms with van der Waals surface area (Å²) < 4.78 is 16.2. The Hall–Kier alpha value is -3.31. The molecule has 148 valence electrons. The molecule has 0 spiro atoms. The van der Waals surface area contributed by atoms with Crippen LogP contribution in [0.3, 0.4) is 0 Å². The average Bonchev–Trinajstić information content (AvgIpc) is 3.04. The Kier molecular flexibility index (Phi) is 6.20. The van der Waals surface area contributed by atoms with Crippen molar-refractivity contribution in [3.05, 3.63) is 52.9 Å². The monoisotopic (exact) mass is 410 g/mol. The van der Waals surface area contributed by atoms with Gasteiger partial charge in [0, 0.05) is 18.0 Å². The summed E-state index contributed by atoms with van der Waals surface area (Å²) in [4.78, 5) is 28.2. The summed E-state index contributed by atoms with van der Waals surface area (Å²) in [6.07, 6.45) is 0. The van der Waals surface area contributed by atoms with E-state index in [9.17, 15) is 14.9 Å². The minimum absolute atomic E-state index is 0.208. The van der Waals surface area contributed by atoms with Crippen molar-refractivity contribution in [1.82, 2.24) is 4.98 Å². The van der Waals surface area contributed by atoms with E-state index in [-0.39, 0.29) is 17.9 Å². The Balaban J connectivity index is 2.01. The van der Waals surface area contributed by atoms with E-state index < -0.39 is 11.9 Å². The molecule has 0 aliphatic rings. The number of thioether (sulfide) groups is 1. The van der Waals surface area contributed by atoms with Crippen molar-refractivity contribution >= 4 is 34.7 Å². The van der Waals surface area contributed by atoms with Crippen molar-refractivity contribution in [2.75, 3.05) is 6.61 Å². The lowest BCUT2D eigenvalue weighted by atomic mass is 10.1. The van der Waals surface area contributed by atoms with E-state index in [2.05, 4.69) is 11.1 Å². The Morgan fingerprint density at radius 2 is 2.07 bits per heavy atom. The maximum Gasteiger partial charge on any atom is 0.342 e. The summed E-state index contributed by atoms with van der Waals surface area (Å²) in [5.41, 5.74) is 1.98. The molecule has 0 unspecified atom stereocenters. The standard InChI is InChI=1S/C21H18N2O5S/c1-4-26-21(25)19-16-9-15(27-13(3)24)7-8-17(16)28-18(19)11-29-20-14(10-22)6-5-12(2)23-20/h5-9H,4,11H2,1-3H3. The number of furan rings is 1. The first-order valence-electron chi connectivity index (χ1n) is 8.84. The number of nitrogens with zero attached hydrogens (tertiary/aromatic N) is 2. The van der Waals surface area contributed by atoms with Crippen LogP contribution < -0.4 is 4.74 Å². The van der Waals surface area contributed by atoms with Crippen molar-refractivity contribution < 1.29 is 23.5 Å². The number of aryl methyl sites for hydroxylation is 1. The molecule has 0 fully saturated rings. The first-order valence-corrected chi connectivity index (χ1v) is 9.83. The molecule has 0 aliphatic carbocycles. The Bertz CT molecular complexity index is 1130. The van der Waals surface area contributed by atoms with Gasteiger partial charge in [-0.25, -0.2) is 9.78 Å². The fraction of sp³-hybridized carbons (Fsp3) is 0.238. The number of ether oxygens (including phenoxy) is 2. The molecular weight excluding hydrogens is 392 g/mol. The lowest BCUT2D eigenvalue weighted by molar-refractivity contribution is -0.131. The molecule has 7 nitrogen and oxygen atoms in total. The summed E-state index contributed by atoms with van der Waals surface area (Å²) >= 11 is 1.30. The van der Waals surface area contributed by atoms with Crippen LogP contribution in [0.1, 0.15) is 41.2 Å². The molecule has 0 radical (unpaired) electrons. The van der Waals surface area contributed by atoms with Gasteiger partial charge in [-0.1, -0.05) is 11.8 Å². The number of hydrogen-bond donors (Lipinski definition) is 0. The number of benzene rings is 1. The highest BCUT2D eigenvalue weighted by atomic mass is 32.2. The van der Waals surface area contributed by atoms with E-state index in [1.807, 2.05) is 6.92 Å². The van der Waals surface area contributed by atoms with E-state index in [4.69, 9.17) is 13.9 Å². The molecule has 0 saturated carbocycles. The van der Waals surface area contributed by atoms with E-state index in [1.54, 1.807) is 37.3 Å². The topological polar surface area (TPSA) is 102 Å². The molecule has 0 aliphatic heterocycles. The Labute approximate surface area is 171 Å². The third kappa shape index (κ3) is 4.58. The van der Waals surface area contributed by atoms with Gasteiger partial charge in [-0.2, -0.15) is 5.26 Å². The van der Waals surface area contributed by atoms with Gasteiger partial charge >= 0.3 is 11.9 Å². The maximum absolute atomic E-state index is 12.6. The minimum Gasteiger partial charge on any atom is -0.462 e. The average molecular weight is 410 g/mol. The largest absolute Gasteiger partial charge is 0.462 e. The van der Waals surface area contributed by atoms with Crippen LogP contribution in [0.5, 0.6) is 5.75 Å². The van der Waals surface area contributed by atoms with Gasteiger partial charge in [0.25, 0.3) is 0 Å². The number of hydrogen-bond acceptors (Lipinski definition) is 8. The second kappa shape index (κ2) is 8.80. The van der Waals surface area contributed by atoms with Gasteiger partial charge in [0.05, 0.1) is 17.9 Å². The molecule has 29 heavy (non-hydrogen) atoms. The fourth-order valence-electron chi connectivity index (χ4n) is 2.75. The van der Waals surface area contributed by atoms with E-state index in [0.29, 0.717) is 33.1 Å². The van der Waals surface area contributed by atoms with Crippen molar-refractivity contribution in [3.63, 3.8) is 0 Å². The van der Waals surface area contributed by atoms with Crippen LogP contribution in [0, 0.1) is 18.3 Å². The molecule has 1 aromatic carbocycles. The number of carbonyl (C=O) groups excluding carboxylic acids is 2. The SMILES string of the molecule is CCOC(=O)c1c(CSc2nc(C)ccc2C#N)oc2ccc(OC(C)=O)cc12. The number of aromatic nitrogens is 1. The van der Waals surface area contributed by atoms with E-state index >= 15 is 0 Å². The second-order valence-electron chi connectivity index (χ2n) is 6.08. The maximum atomic E-state index is 12.6. The number of fused-ring (bicyclic) bond motifs is 1. The number of nitriles is 1. The van der Waals surface area contributed by atoms with Gasteiger partial charge in [-0.05, 0) is 44.2 Å². The van der Waals surface area contributed by atoms with Gasteiger partial charge in [-0.3, -0.25) is 4.79 Å². The third-order valence-corrected chi connectivity index (χ3v) is 4.92. The molecular formula is C21H18N2O5S. The molecule has 3 rings (SSSR count). The summed E-state index contributed by atoms with van der Waals surface area (Å²) in [5.74, 6) is -0.00896. The first kappa shape index (κ1) is 20.4. The Morgan fingerprint density at radius 3 is 2.76 bits per heavy atom. The van der Waals surface area contributed by atoms with Gasteiger partial charge in [0.2, 0.25) is 0 Å². The fourth-order valence-corrected chi connectivity index (χ4v) is 3.70. The van der Waals surface area contributed by atoms with E-state index in [1.165, 1.54) is 18.7 Å². The smallest absolute Gasteiger partial charge is 0.342 e. The molecule has 0 bridgehead atoms. The molecule has 0 saturated heterocycles. The zero-order valence-electron chi connectivity index (χ0n) is 16.1. The highest BCUT2D eigenvalue weighted by Gasteiger charge is 2.23. The van der Waals surface area contributed by atoms with Gasteiger partial charge in [0.1, 0.15) is 33.8 Å². The van der Waals surface area contributed by atoms with Crippen LogP contribution in [-0.2, 0) is 15.3 Å². The van der Waals surface area contributed by atoms with Crippen LogP contribution in [0.4, 0.5) is 0 Å². The van der Waals surface area contributed by atoms with E-state index in [0.717, 1.165) is 5.69 Å². The normalized spacial score (nSPS) is 10.6. The number of pyridine rings is 1. The van der Waals surface area contributed by atoms with Crippen LogP contribution >= 0.6 is 11.8 Å². The lowest BCUT2D eigenvalue weighted by Crippen LogP contribution is -2.06. The summed E-state index contributed by atoms with van der Waals surface area (Å²) in [7, 11) is 0. The van der Waals surface area contributed by atoms with Gasteiger partial charge in [0.15, 0.2) is 0 Å². The quantitative estimate of drug-likeness (QED) is 0.335. The molecule has 3 aromatic rings. The summed E-state index contributed by atoms with van der Waals surface area (Å²) in [6, 6.07) is 10.4. The summed E-state index contributed by atoms with van der Waals surface area (Å²) in [5, 5.41) is 10.3. The van der Waals surface area contributed by atoms with Gasteiger partial charge < -0.3 is 13.9 Å². The molecule has 2 aromatic heterocycles. The molecule has 0 N–H and O–H groups in total. The number of esters is 2. The number of rotatable bonds is 6. The van der Waals surface area contributed by atoms with Gasteiger partial charge in [-0.15, -0.1) is 0 Å². The Morgan fingerprint density at radius 1 is 1.28 bits per heavy atom. The van der Waals surface area contributed by atoms with Crippen molar-refractivity contribution in [3.8, 4) is 11.8 Å². The molecule has 0 amide bonds. The van der Waals surface area contributed by atoms with Crippen molar-refractivity contribution in [1.29, 1.82) is 5.26 Å².